The normalized spacial score (nSPS) is 11.2. The summed E-state index contributed by atoms with van der Waals surface area (Å²) in [6.45, 7) is 4.38. The summed E-state index contributed by atoms with van der Waals surface area (Å²) in [5, 5.41) is 2.86. The predicted octanol–water partition coefficient (Wildman–Crippen LogP) is 4.59. The molecular formula is C25H28N2O4S. The lowest BCUT2D eigenvalue weighted by molar-refractivity contribution is 0.0955. The maximum absolute atomic E-state index is 13.1. The molecule has 3 aromatic carbocycles. The number of para-hydroxylation sites is 1. The highest BCUT2D eigenvalue weighted by Gasteiger charge is 2.20. The number of methoxy groups -OCH3 is 1. The van der Waals surface area contributed by atoms with Gasteiger partial charge in [0.25, 0.3) is 15.9 Å². The van der Waals surface area contributed by atoms with E-state index < -0.39 is 10.0 Å². The van der Waals surface area contributed by atoms with Crippen LogP contribution >= 0.6 is 0 Å². The first-order valence-electron chi connectivity index (χ1n) is 10.4. The number of benzene rings is 3. The summed E-state index contributed by atoms with van der Waals surface area (Å²) >= 11 is 0. The molecule has 0 atom stereocenters. The number of rotatable bonds is 9. The first kappa shape index (κ1) is 23.3. The molecule has 1 amide bonds. The zero-order valence-electron chi connectivity index (χ0n) is 18.5. The van der Waals surface area contributed by atoms with Gasteiger partial charge in [-0.3, -0.25) is 9.52 Å². The van der Waals surface area contributed by atoms with E-state index >= 15 is 0 Å². The van der Waals surface area contributed by atoms with Gasteiger partial charge < -0.3 is 10.1 Å². The monoisotopic (exact) mass is 452 g/mol. The lowest BCUT2D eigenvalue weighted by Crippen LogP contribution is -2.27. The number of amides is 1. The topological polar surface area (TPSA) is 84.5 Å². The van der Waals surface area contributed by atoms with Gasteiger partial charge >= 0.3 is 0 Å². The number of hydrogen-bond donors (Lipinski definition) is 2. The molecule has 0 aliphatic rings. The Morgan fingerprint density at radius 2 is 1.66 bits per heavy atom. The van der Waals surface area contributed by atoms with E-state index in [1.807, 2.05) is 44.2 Å². The number of sulfonamides is 1. The molecule has 0 bridgehead atoms. The van der Waals surface area contributed by atoms with Gasteiger partial charge in [-0.2, -0.15) is 0 Å². The van der Waals surface area contributed by atoms with Crippen LogP contribution in [-0.2, 0) is 16.4 Å². The van der Waals surface area contributed by atoms with E-state index in [0.29, 0.717) is 18.7 Å². The Kier molecular flexibility index (Phi) is 7.53. The standard InChI is InChI=1S/C25H28N2O4S/c1-18(2)22-17-20(13-14-24(22)31-3)32(29,30)27-23-12-8-7-11-21(23)25(28)26-16-15-19-9-5-4-6-10-19/h4-14,17-18,27H,15-16H2,1-3H3,(H,26,28). The van der Waals surface area contributed by atoms with Crippen LogP contribution in [0.15, 0.2) is 77.7 Å². The molecule has 2 N–H and O–H groups in total. The largest absolute Gasteiger partial charge is 0.496 e. The maximum Gasteiger partial charge on any atom is 0.261 e. The summed E-state index contributed by atoms with van der Waals surface area (Å²) in [5.74, 6) is 0.386. The van der Waals surface area contributed by atoms with Crippen molar-refractivity contribution in [3.63, 3.8) is 0 Å². The third-order valence-corrected chi connectivity index (χ3v) is 6.45. The van der Waals surface area contributed by atoms with E-state index in [9.17, 15) is 13.2 Å². The highest BCUT2D eigenvalue weighted by molar-refractivity contribution is 7.92. The fraction of sp³-hybridized carbons (Fsp3) is 0.240. The number of ether oxygens (including phenoxy) is 1. The molecule has 0 unspecified atom stereocenters. The van der Waals surface area contributed by atoms with Crippen LogP contribution in [0.3, 0.4) is 0 Å². The van der Waals surface area contributed by atoms with Crippen molar-refractivity contribution in [2.24, 2.45) is 0 Å². The van der Waals surface area contributed by atoms with Gasteiger partial charge in [0.15, 0.2) is 0 Å². The van der Waals surface area contributed by atoms with Crippen LogP contribution in [0.25, 0.3) is 0 Å². The average molecular weight is 453 g/mol. The number of nitrogens with one attached hydrogen (secondary N) is 2. The fourth-order valence-electron chi connectivity index (χ4n) is 3.36. The van der Waals surface area contributed by atoms with Gasteiger partial charge in [0.1, 0.15) is 5.75 Å². The zero-order chi connectivity index (χ0) is 23.1. The molecule has 0 saturated carbocycles. The molecule has 0 spiro atoms. The maximum atomic E-state index is 13.1. The molecule has 0 saturated heterocycles. The van der Waals surface area contributed by atoms with E-state index in [2.05, 4.69) is 10.0 Å². The minimum absolute atomic E-state index is 0.0859. The summed E-state index contributed by atoms with van der Waals surface area (Å²) in [7, 11) is -2.34. The van der Waals surface area contributed by atoms with Crippen LogP contribution in [0, 0.1) is 0 Å². The first-order valence-corrected chi connectivity index (χ1v) is 11.9. The fourth-order valence-corrected chi connectivity index (χ4v) is 4.48. The SMILES string of the molecule is COc1ccc(S(=O)(=O)Nc2ccccc2C(=O)NCCc2ccccc2)cc1C(C)C. The molecule has 0 heterocycles. The van der Waals surface area contributed by atoms with Crippen molar-refractivity contribution >= 4 is 21.6 Å². The van der Waals surface area contributed by atoms with E-state index in [1.54, 1.807) is 43.5 Å². The second kappa shape index (κ2) is 10.3. The summed E-state index contributed by atoms with van der Waals surface area (Å²) < 4.78 is 34.0. The van der Waals surface area contributed by atoms with Crippen molar-refractivity contribution in [1.82, 2.24) is 5.32 Å². The minimum Gasteiger partial charge on any atom is -0.496 e. The van der Waals surface area contributed by atoms with Crippen molar-refractivity contribution in [2.45, 2.75) is 31.1 Å². The van der Waals surface area contributed by atoms with Gasteiger partial charge in [-0.05, 0) is 53.8 Å². The summed E-state index contributed by atoms with van der Waals surface area (Å²) in [5.41, 5.74) is 2.40. The molecule has 0 aliphatic heterocycles. The lowest BCUT2D eigenvalue weighted by Gasteiger charge is -2.16. The highest BCUT2D eigenvalue weighted by atomic mass is 32.2. The quantitative estimate of drug-likeness (QED) is 0.497. The van der Waals surface area contributed by atoms with Gasteiger partial charge in [0.2, 0.25) is 0 Å². The van der Waals surface area contributed by atoms with Gasteiger partial charge in [-0.1, -0.05) is 56.3 Å². The van der Waals surface area contributed by atoms with Crippen LogP contribution in [-0.4, -0.2) is 28.0 Å². The number of anilines is 1. The summed E-state index contributed by atoms with van der Waals surface area (Å²) in [6.07, 6.45) is 0.685. The third kappa shape index (κ3) is 5.68. The number of carbonyl (C=O) groups is 1. The van der Waals surface area contributed by atoms with Crippen molar-refractivity contribution < 1.29 is 17.9 Å². The molecule has 0 radical (unpaired) electrons. The minimum atomic E-state index is -3.90. The van der Waals surface area contributed by atoms with Crippen molar-refractivity contribution in [3.05, 3.63) is 89.5 Å². The molecule has 3 aromatic rings. The lowest BCUT2D eigenvalue weighted by atomic mass is 10.0. The molecule has 7 heteroatoms. The summed E-state index contributed by atoms with van der Waals surface area (Å²) in [6, 6.07) is 21.1. The van der Waals surface area contributed by atoms with E-state index in [-0.39, 0.29) is 28.0 Å². The third-order valence-electron chi connectivity index (χ3n) is 5.09. The number of carbonyl (C=O) groups excluding carboxylic acids is 1. The Morgan fingerprint density at radius 1 is 0.969 bits per heavy atom. The average Bonchev–Trinajstić information content (AvgIpc) is 2.79. The second-order valence-electron chi connectivity index (χ2n) is 7.70. The van der Waals surface area contributed by atoms with Gasteiger partial charge in [-0.15, -0.1) is 0 Å². The van der Waals surface area contributed by atoms with Gasteiger partial charge in [-0.25, -0.2) is 8.42 Å². The van der Waals surface area contributed by atoms with Crippen LogP contribution in [0.1, 0.15) is 41.3 Å². The van der Waals surface area contributed by atoms with E-state index in [0.717, 1.165) is 11.1 Å². The molecule has 0 aliphatic carbocycles. The first-order chi connectivity index (χ1) is 15.3. The van der Waals surface area contributed by atoms with Crippen molar-refractivity contribution in [3.8, 4) is 5.75 Å². The number of hydrogen-bond acceptors (Lipinski definition) is 4. The Hall–Kier alpha value is -3.32. The Balaban J connectivity index is 1.78. The van der Waals surface area contributed by atoms with E-state index in [4.69, 9.17) is 4.74 Å². The van der Waals surface area contributed by atoms with Crippen molar-refractivity contribution in [1.29, 1.82) is 0 Å². The smallest absolute Gasteiger partial charge is 0.261 e. The molecule has 0 fully saturated rings. The summed E-state index contributed by atoms with van der Waals surface area (Å²) in [4.78, 5) is 12.9. The molecular weight excluding hydrogens is 424 g/mol. The Labute approximate surface area is 189 Å². The van der Waals surface area contributed by atoms with Crippen LogP contribution in [0.5, 0.6) is 5.75 Å². The van der Waals surface area contributed by atoms with Gasteiger partial charge in [0.05, 0.1) is 23.3 Å². The van der Waals surface area contributed by atoms with Crippen LogP contribution in [0.2, 0.25) is 0 Å². The van der Waals surface area contributed by atoms with Crippen LogP contribution in [0.4, 0.5) is 5.69 Å². The van der Waals surface area contributed by atoms with Crippen molar-refractivity contribution in [2.75, 3.05) is 18.4 Å². The van der Waals surface area contributed by atoms with Gasteiger partial charge in [0, 0.05) is 6.54 Å². The Bertz CT molecular complexity index is 1180. The predicted molar refractivity (Wildman–Crippen MR) is 127 cm³/mol. The highest BCUT2D eigenvalue weighted by Crippen LogP contribution is 2.30. The molecule has 3 rings (SSSR count). The van der Waals surface area contributed by atoms with E-state index in [1.165, 1.54) is 6.07 Å². The molecule has 0 aromatic heterocycles. The molecule has 32 heavy (non-hydrogen) atoms. The zero-order valence-corrected chi connectivity index (χ0v) is 19.3. The van der Waals surface area contributed by atoms with Crippen LogP contribution < -0.4 is 14.8 Å². The molecule has 6 nitrogen and oxygen atoms in total. The molecule has 168 valence electrons. The Morgan fingerprint density at radius 3 is 2.34 bits per heavy atom. The second-order valence-corrected chi connectivity index (χ2v) is 9.38.